The second kappa shape index (κ2) is 8.80. The molecule has 0 amide bonds. The van der Waals surface area contributed by atoms with Crippen molar-refractivity contribution >= 4 is 58.3 Å². The minimum Gasteiger partial charge on any atom is -0.353 e. The second-order valence-corrected chi connectivity index (χ2v) is 8.01. The van der Waals surface area contributed by atoms with Crippen LogP contribution in [0.5, 0.6) is 0 Å². The summed E-state index contributed by atoms with van der Waals surface area (Å²) in [4.78, 5) is 11.2. The molecule has 0 saturated heterocycles. The lowest BCUT2D eigenvalue weighted by molar-refractivity contribution is 1.05. The third-order valence-electron chi connectivity index (χ3n) is 5.97. The average molecular weight is 470 g/mol. The van der Waals surface area contributed by atoms with Gasteiger partial charge < -0.3 is 9.97 Å². The van der Waals surface area contributed by atoms with Gasteiger partial charge in [0.1, 0.15) is 5.69 Å². The molecule has 172 valence electrons. The van der Waals surface area contributed by atoms with Crippen molar-refractivity contribution in [2.45, 2.75) is 0 Å². The van der Waals surface area contributed by atoms with E-state index in [1.54, 1.807) is 43.1 Å². The molecule has 2 N–H and O–H groups in total. The van der Waals surface area contributed by atoms with Crippen LogP contribution in [0, 0.1) is 0 Å². The molecule has 0 radical (unpaired) electrons. The normalized spacial score (nSPS) is 11.9. The van der Waals surface area contributed by atoms with Crippen molar-refractivity contribution < 1.29 is 0 Å². The molecule has 36 heavy (non-hydrogen) atoms. The van der Waals surface area contributed by atoms with Gasteiger partial charge in [0.2, 0.25) is 0 Å². The third-order valence-corrected chi connectivity index (χ3v) is 5.97. The van der Waals surface area contributed by atoms with Crippen molar-refractivity contribution in [2.24, 2.45) is 0 Å². The fraction of sp³-hybridized carbons (Fsp3) is 0. The number of nitrogens with zero attached hydrogens (tertiary/aromatic N) is 7. The smallest absolute Gasteiger partial charge is 0.113 e. The van der Waals surface area contributed by atoms with Crippen molar-refractivity contribution in [1.29, 1.82) is 0 Å². The lowest BCUT2D eigenvalue weighted by atomic mass is 10.1. The third kappa shape index (κ3) is 3.64. The van der Waals surface area contributed by atoms with Crippen molar-refractivity contribution in [1.82, 2.24) is 45.5 Å². The van der Waals surface area contributed by atoms with Gasteiger partial charge in [0.15, 0.2) is 0 Å². The van der Waals surface area contributed by atoms with E-state index in [0.717, 1.165) is 61.3 Å². The lowest BCUT2D eigenvalue weighted by Crippen LogP contribution is -1.79. The average Bonchev–Trinajstić information content (AvgIpc) is 3.55. The summed E-state index contributed by atoms with van der Waals surface area (Å²) in [6.07, 6.45) is 20.0. The van der Waals surface area contributed by atoms with Gasteiger partial charge >= 0.3 is 0 Å². The Balaban J connectivity index is 1.34. The summed E-state index contributed by atoms with van der Waals surface area (Å²) < 4.78 is 0. The number of aromatic nitrogens is 9. The molecule has 0 atom stereocenters. The molecule has 6 heterocycles. The Labute approximate surface area is 205 Å². The van der Waals surface area contributed by atoms with Crippen LogP contribution in [0.15, 0.2) is 56.3 Å². The number of nitrogens with one attached hydrogen (secondary N) is 2. The standard InChI is InChI=1S/C27H19N9/c1-3-22-17(20-11-29-31-14-25(20)33-22)7-5-16-6-8-19-24(35-36-27(19)13-28-16)10-9-18-21-12-30-32-15-26(21)34-23(18)4-2/h3-15,33-34H,1-2H2/b7-5+,10-9+. The number of aromatic amines is 2. The van der Waals surface area contributed by atoms with Crippen LogP contribution in [0.1, 0.15) is 33.9 Å². The summed E-state index contributed by atoms with van der Waals surface area (Å²) in [7, 11) is 0. The highest BCUT2D eigenvalue weighted by molar-refractivity contribution is 5.96. The van der Waals surface area contributed by atoms with Gasteiger partial charge in [-0.15, -0.1) is 10.2 Å². The van der Waals surface area contributed by atoms with Crippen LogP contribution in [0.2, 0.25) is 0 Å². The predicted molar refractivity (Wildman–Crippen MR) is 142 cm³/mol. The van der Waals surface area contributed by atoms with E-state index in [4.69, 9.17) is 0 Å². The number of rotatable bonds is 6. The molecule has 4 aromatic heterocycles. The maximum absolute atomic E-state index is 4.59. The highest BCUT2D eigenvalue weighted by atomic mass is 15.1. The van der Waals surface area contributed by atoms with E-state index in [2.05, 4.69) is 58.7 Å². The largest absolute Gasteiger partial charge is 0.353 e. The Morgan fingerprint density at radius 1 is 0.639 bits per heavy atom. The molecule has 9 heteroatoms. The molecule has 0 aromatic carbocycles. The van der Waals surface area contributed by atoms with Crippen molar-refractivity contribution in [3.05, 3.63) is 90.2 Å². The van der Waals surface area contributed by atoms with E-state index >= 15 is 0 Å². The first-order valence-corrected chi connectivity index (χ1v) is 11.1. The Bertz CT molecular complexity index is 1790. The molecule has 0 bridgehead atoms. The summed E-state index contributed by atoms with van der Waals surface area (Å²) in [5.74, 6) is 0. The van der Waals surface area contributed by atoms with Gasteiger partial charge in [-0.25, -0.2) is 0 Å². The van der Waals surface area contributed by atoms with Gasteiger partial charge in [-0.2, -0.15) is 20.4 Å². The van der Waals surface area contributed by atoms with Crippen molar-refractivity contribution in [3.8, 4) is 11.3 Å². The van der Waals surface area contributed by atoms with Crippen LogP contribution in [0.4, 0.5) is 0 Å². The molecule has 0 aliphatic carbocycles. The van der Waals surface area contributed by atoms with Crippen molar-refractivity contribution in [2.75, 3.05) is 0 Å². The molecule has 0 unspecified atom stereocenters. The highest BCUT2D eigenvalue weighted by Crippen LogP contribution is 2.28. The molecule has 6 rings (SSSR count). The monoisotopic (exact) mass is 469 g/mol. The Morgan fingerprint density at radius 2 is 1.25 bits per heavy atom. The summed E-state index contributed by atoms with van der Waals surface area (Å²) in [6.45, 7) is 7.80. The summed E-state index contributed by atoms with van der Waals surface area (Å²) in [5, 5.41) is 26.5. The molecule has 0 saturated carbocycles. The maximum atomic E-state index is 4.59. The van der Waals surface area contributed by atoms with Gasteiger partial charge in [-0.3, -0.25) is 4.98 Å². The molecule has 9 nitrogen and oxygen atoms in total. The molecule has 2 aliphatic rings. The first-order valence-electron chi connectivity index (χ1n) is 11.1. The van der Waals surface area contributed by atoms with Crippen LogP contribution in [-0.4, -0.2) is 45.5 Å². The minimum atomic E-state index is 0.706. The van der Waals surface area contributed by atoms with E-state index < -0.39 is 0 Å². The van der Waals surface area contributed by atoms with Gasteiger partial charge in [-0.05, 0) is 42.5 Å². The SMILES string of the molecule is C=Cc1[nH]c2cnncc2c1/C=C/c1ccc2c(/C=C/c3c(C=C)[nH]c4cnncc34)nnc-2cn1. The maximum Gasteiger partial charge on any atom is 0.113 e. The lowest BCUT2D eigenvalue weighted by Gasteiger charge is -1.94. The fourth-order valence-electron chi connectivity index (χ4n) is 4.18. The van der Waals surface area contributed by atoms with E-state index in [0.29, 0.717) is 5.69 Å². The zero-order valence-corrected chi connectivity index (χ0v) is 19.1. The van der Waals surface area contributed by atoms with E-state index in [1.807, 2.05) is 36.4 Å². The van der Waals surface area contributed by atoms with Gasteiger partial charge in [0.05, 0.1) is 53.4 Å². The van der Waals surface area contributed by atoms with E-state index in [1.165, 1.54) is 0 Å². The number of hydrogen-bond donors (Lipinski definition) is 2. The topological polar surface area (TPSA) is 122 Å². The zero-order chi connectivity index (χ0) is 24.5. The number of H-pyrrole nitrogens is 2. The van der Waals surface area contributed by atoms with Crippen LogP contribution in [-0.2, 0) is 0 Å². The van der Waals surface area contributed by atoms with Gasteiger partial charge in [-0.1, -0.05) is 19.2 Å². The van der Waals surface area contributed by atoms with Crippen LogP contribution in [0.3, 0.4) is 0 Å². The Hall–Kier alpha value is -5.31. The number of fused-ring (bicyclic) bond motifs is 3. The molecular weight excluding hydrogens is 450 g/mol. The first-order chi connectivity index (χ1) is 17.7. The Kier molecular flexibility index (Phi) is 5.19. The molecular formula is C27H19N9. The number of hydrogen-bond acceptors (Lipinski definition) is 7. The Morgan fingerprint density at radius 3 is 1.89 bits per heavy atom. The molecule has 2 aliphatic heterocycles. The summed E-state index contributed by atoms with van der Waals surface area (Å²) in [6, 6.07) is 3.92. The second-order valence-electron chi connectivity index (χ2n) is 8.01. The highest BCUT2D eigenvalue weighted by Gasteiger charge is 2.12. The molecule has 0 fully saturated rings. The fourth-order valence-corrected chi connectivity index (χ4v) is 4.18. The molecule has 4 aromatic rings. The van der Waals surface area contributed by atoms with E-state index in [-0.39, 0.29) is 0 Å². The first kappa shape index (κ1) is 21.2. The van der Waals surface area contributed by atoms with Crippen molar-refractivity contribution in [3.63, 3.8) is 0 Å². The van der Waals surface area contributed by atoms with Gasteiger partial charge in [0.25, 0.3) is 0 Å². The van der Waals surface area contributed by atoms with Crippen LogP contribution >= 0.6 is 0 Å². The zero-order valence-electron chi connectivity index (χ0n) is 19.1. The van der Waals surface area contributed by atoms with Crippen LogP contribution < -0.4 is 0 Å². The minimum absolute atomic E-state index is 0.706. The summed E-state index contributed by atoms with van der Waals surface area (Å²) >= 11 is 0. The quantitative estimate of drug-likeness (QED) is 0.346. The van der Waals surface area contributed by atoms with Crippen LogP contribution in [0.25, 0.3) is 69.5 Å². The molecule has 0 spiro atoms. The predicted octanol–water partition coefficient (Wildman–Crippen LogP) is 5.15. The summed E-state index contributed by atoms with van der Waals surface area (Å²) in [5.41, 5.74) is 8.65. The van der Waals surface area contributed by atoms with E-state index in [9.17, 15) is 0 Å². The van der Waals surface area contributed by atoms with Gasteiger partial charge in [0, 0.05) is 38.9 Å².